The van der Waals surface area contributed by atoms with E-state index in [1.807, 2.05) is 0 Å². The first-order valence-electron chi connectivity index (χ1n) is 5.99. The van der Waals surface area contributed by atoms with E-state index in [4.69, 9.17) is 16.3 Å². The van der Waals surface area contributed by atoms with Crippen LogP contribution in [0.3, 0.4) is 0 Å². The van der Waals surface area contributed by atoms with E-state index in [9.17, 15) is 0 Å². The molecule has 3 nitrogen and oxygen atoms in total. The van der Waals surface area contributed by atoms with Gasteiger partial charge >= 0.3 is 0 Å². The second kappa shape index (κ2) is 5.24. The molecule has 0 N–H and O–H groups in total. The summed E-state index contributed by atoms with van der Waals surface area (Å²) < 4.78 is 5.95. The van der Waals surface area contributed by atoms with Crippen LogP contribution in [0.5, 0.6) is 5.19 Å². The minimum absolute atomic E-state index is 0.103. The number of nitrogens with zero attached hydrogens (tertiary/aromatic N) is 2. The summed E-state index contributed by atoms with van der Waals surface area (Å²) in [5.74, 6) is 0.391. The van der Waals surface area contributed by atoms with Crippen LogP contribution in [0.1, 0.15) is 35.1 Å². The molecule has 1 aliphatic rings. The highest BCUT2D eigenvalue weighted by molar-refractivity contribution is 7.13. The summed E-state index contributed by atoms with van der Waals surface area (Å²) in [7, 11) is 0. The van der Waals surface area contributed by atoms with Crippen LogP contribution in [0.4, 0.5) is 0 Å². The molecule has 18 heavy (non-hydrogen) atoms. The van der Waals surface area contributed by atoms with Gasteiger partial charge in [0.25, 0.3) is 5.19 Å². The van der Waals surface area contributed by atoms with Gasteiger partial charge in [0.1, 0.15) is 11.1 Å². The third-order valence-corrected chi connectivity index (χ3v) is 4.35. The van der Waals surface area contributed by atoms with Crippen molar-refractivity contribution >= 4 is 22.9 Å². The Morgan fingerprint density at radius 2 is 2.22 bits per heavy atom. The van der Waals surface area contributed by atoms with Crippen LogP contribution >= 0.6 is 22.9 Å². The molecule has 94 valence electrons. The van der Waals surface area contributed by atoms with Crippen molar-refractivity contribution in [3.63, 3.8) is 0 Å². The molecule has 5 heteroatoms. The minimum atomic E-state index is 0.103. The van der Waals surface area contributed by atoms with E-state index in [0.717, 1.165) is 24.3 Å². The molecule has 0 fully saturated rings. The lowest BCUT2D eigenvalue weighted by atomic mass is 9.89. The summed E-state index contributed by atoms with van der Waals surface area (Å²) in [6.07, 6.45) is 3.43. The number of aromatic nitrogens is 2. The molecule has 0 amide bonds. The molecule has 0 saturated carbocycles. The fraction of sp³-hybridized carbons (Fsp3) is 0.385. The van der Waals surface area contributed by atoms with Gasteiger partial charge in [-0.25, -0.2) is 0 Å². The zero-order valence-electron chi connectivity index (χ0n) is 9.80. The van der Waals surface area contributed by atoms with Gasteiger partial charge in [-0.05, 0) is 30.4 Å². The Labute approximate surface area is 115 Å². The molecule has 1 heterocycles. The van der Waals surface area contributed by atoms with E-state index in [1.54, 1.807) is 0 Å². The molecule has 0 radical (unpaired) electrons. The van der Waals surface area contributed by atoms with Crippen LogP contribution in [-0.2, 0) is 12.3 Å². The Morgan fingerprint density at radius 1 is 1.33 bits per heavy atom. The molecule has 0 spiro atoms. The van der Waals surface area contributed by atoms with Crippen molar-refractivity contribution in [2.75, 3.05) is 0 Å². The number of ether oxygens (including phenoxy) is 1. The Balaban J connectivity index is 1.81. The molecule has 1 atom stereocenters. The minimum Gasteiger partial charge on any atom is -0.461 e. The average molecular weight is 281 g/mol. The van der Waals surface area contributed by atoms with Crippen LogP contribution in [0.15, 0.2) is 24.3 Å². The largest absolute Gasteiger partial charge is 0.461 e. The fourth-order valence-corrected chi connectivity index (χ4v) is 3.09. The van der Waals surface area contributed by atoms with Gasteiger partial charge in [-0.1, -0.05) is 40.7 Å². The molecule has 0 aliphatic heterocycles. The highest BCUT2D eigenvalue weighted by atomic mass is 35.5. The molecule has 1 aromatic carbocycles. The maximum absolute atomic E-state index is 5.95. The van der Waals surface area contributed by atoms with Crippen LogP contribution in [-0.4, -0.2) is 10.2 Å². The Kier molecular flexibility index (Phi) is 3.48. The van der Waals surface area contributed by atoms with E-state index in [-0.39, 0.29) is 6.10 Å². The number of aryl methyl sites for hydroxylation is 1. The van der Waals surface area contributed by atoms with Gasteiger partial charge in [-0.15, -0.1) is 16.7 Å². The van der Waals surface area contributed by atoms with E-state index in [0.29, 0.717) is 11.1 Å². The molecule has 1 unspecified atom stereocenters. The highest BCUT2D eigenvalue weighted by Gasteiger charge is 2.22. The van der Waals surface area contributed by atoms with Gasteiger partial charge in [-0.2, -0.15) is 0 Å². The van der Waals surface area contributed by atoms with Gasteiger partial charge < -0.3 is 4.74 Å². The number of fused-ring (bicyclic) bond motifs is 1. The van der Waals surface area contributed by atoms with Crippen molar-refractivity contribution in [1.82, 2.24) is 10.2 Å². The third kappa shape index (κ3) is 2.35. The molecule has 0 saturated heterocycles. The number of benzene rings is 1. The first-order chi connectivity index (χ1) is 8.86. The first kappa shape index (κ1) is 11.9. The first-order valence-corrected chi connectivity index (χ1v) is 7.34. The SMILES string of the molecule is ClCc1nnc(OC2CCCc3ccccc32)s1. The summed E-state index contributed by atoms with van der Waals surface area (Å²) >= 11 is 7.14. The summed E-state index contributed by atoms with van der Waals surface area (Å²) in [6, 6.07) is 8.46. The maximum Gasteiger partial charge on any atom is 0.294 e. The molecule has 1 aromatic heterocycles. The molecule has 0 bridgehead atoms. The van der Waals surface area contributed by atoms with Gasteiger partial charge in [0, 0.05) is 0 Å². The zero-order chi connectivity index (χ0) is 12.4. The second-order valence-corrected chi connectivity index (χ2v) is 5.58. The van der Waals surface area contributed by atoms with Crippen molar-refractivity contribution in [2.24, 2.45) is 0 Å². The monoisotopic (exact) mass is 280 g/mol. The molecule has 1 aliphatic carbocycles. The van der Waals surface area contributed by atoms with Crippen molar-refractivity contribution in [3.8, 4) is 5.19 Å². The Hall–Kier alpha value is -1.13. The lowest BCUT2D eigenvalue weighted by Crippen LogP contribution is -2.15. The Morgan fingerprint density at radius 3 is 3.06 bits per heavy atom. The maximum atomic E-state index is 5.95. The van der Waals surface area contributed by atoms with Gasteiger partial charge in [0.05, 0.1) is 5.88 Å². The van der Waals surface area contributed by atoms with Gasteiger partial charge in [0.15, 0.2) is 0 Å². The van der Waals surface area contributed by atoms with Crippen molar-refractivity contribution in [2.45, 2.75) is 31.2 Å². The summed E-state index contributed by atoms with van der Waals surface area (Å²) in [6.45, 7) is 0. The predicted molar refractivity (Wildman–Crippen MR) is 72.2 cm³/mol. The van der Waals surface area contributed by atoms with Crippen LogP contribution in [0, 0.1) is 0 Å². The lowest BCUT2D eigenvalue weighted by molar-refractivity contribution is 0.181. The van der Waals surface area contributed by atoms with Crippen LogP contribution < -0.4 is 4.74 Å². The van der Waals surface area contributed by atoms with Crippen molar-refractivity contribution in [3.05, 3.63) is 40.4 Å². The van der Waals surface area contributed by atoms with Gasteiger partial charge in [0.2, 0.25) is 0 Å². The average Bonchev–Trinajstić information content (AvgIpc) is 2.87. The van der Waals surface area contributed by atoms with Crippen LogP contribution in [0.25, 0.3) is 0 Å². The number of alkyl halides is 1. The van der Waals surface area contributed by atoms with Crippen molar-refractivity contribution in [1.29, 1.82) is 0 Å². The summed E-state index contributed by atoms with van der Waals surface area (Å²) in [5.41, 5.74) is 2.67. The van der Waals surface area contributed by atoms with E-state index in [2.05, 4.69) is 34.5 Å². The smallest absolute Gasteiger partial charge is 0.294 e. The van der Waals surface area contributed by atoms with Crippen LogP contribution in [0.2, 0.25) is 0 Å². The third-order valence-electron chi connectivity index (χ3n) is 3.12. The number of rotatable bonds is 3. The lowest BCUT2D eigenvalue weighted by Gasteiger charge is -2.24. The van der Waals surface area contributed by atoms with E-state index < -0.39 is 0 Å². The zero-order valence-corrected chi connectivity index (χ0v) is 11.4. The number of halogens is 1. The summed E-state index contributed by atoms with van der Waals surface area (Å²) in [4.78, 5) is 0. The second-order valence-electron chi connectivity index (χ2n) is 4.29. The molecule has 3 rings (SSSR count). The molecular formula is C13H13ClN2OS. The number of hydrogen-bond acceptors (Lipinski definition) is 4. The van der Waals surface area contributed by atoms with Gasteiger partial charge in [-0.3, -0.25) is 0 Å². The quantitative estimate of drug-likeness (QED) is 0.804. The molecular weight excluding hydrogens is 268 g/mol. The normalized spacial score (nSPS) is 18.4. The van der Waals surface area contributed by atoms with E-state index >= 15 is 0 Å². The highest BCUT2D eigenvalue weighted by Crippen LogP contribution is 2.34. The predicted octanol–water partition coefficient (Wildman–Crippen LogP) is 3.73. The van der Waals surface area contributed by atoms with E-state index in [1.165, 1.54) is 22.5 Å². The standard InChI is InChI=1S/C13H13ClN2OS/c14-8-12-15-16-13(18-12)17-11-7-3-5-9-4-1-2-6-10(9)11/h1-2,4,6,11H,3,5,7-8H2. The fourth-order valence-electron chi connectivity index (χ4n) is 2.29. The Bertz CT molecular complexity index is 543. The number of hydrogen-bond donors (Lipinski definition) is 0. The molecule has 2 aromatic rings. The van der Waals surface area contributed by atoms with Crippen molar-refractivity contribution < 1.29 is 4.74 Å². The summed E-state index contributed by atoms with van der Waals surface area (Å²) in [5, 5.41) is 9.40. The topological polar surface area (TPSA) is 35.0 Å².